The van der Waals surface area contributed by atoms with Crippen molar-refractivity contribution in [3.63, 3.8) is 0 Å². The number of alkyl halides is 2. The molecule has 6 rings (SSSR count). The van der Waals surface area contributed by atoms with Crippen LogP contribution in [-0.2, 0) is 15.6 Å². The van der Waals surface area contributed by atoms with Gasteiger partial charge in [0.15, 0.2) is 0 Å². The lowest BCUT2D eigenvalue weighted by atomic mass is 9.87. The molecular formula is C40H40F5IN2O3Si. The van der Waals surface area contributed by atoms with Crippen molar-refractivity contribution in [2.45, 2.75) is 64.1 Å². The van der Waals surface area contributed by atoms with Gasteiger partial charge in [-0.15, -0.1) is 0 Å². The highest BCUT2D eigenvalue weighted by atomic mass is 127. The van der Waals surface area contributed by atoms with Gasteiger partial charge in [-0.2, -0.15) is 0 Å². The fourth-order valence-electron chi connectivity index (χ4n) is 7.71. The molecule has 0 aliphatic carbocycles. The number of hydrogen-bond donors (Lipinski definition) is 0. The van der Waals surface area contributed by atoms with E-state index < -0.39 is 73.6 Å². The third-order valence-corrected chi connectivity index (χ3v) is 15.4. The van der Waals surface area contributed by atoms with Crippen LogP contribution in [0.2, 0.25) is 5.04 Å². The number of rotatable bonds is 9. The molecular weight excluding hydrogens is 806 g/mol. The number of carbonyl (C=O) groups excluding carboxylic acids is 1. The van der Waals surface area contributed by atoms with Gasteiger partial charge in [0.1, 0.15) is 17.5 Å². The molecule has 0 fully saturated rings. The predicted octanol–water partition coefficient (Wildman–Crippen LogP) is 9.22. The van der Waals surface area contributed by atoms with Gasteiger partial charge in [-0.05, 0) is 94.2 Å². The Bertz CT molecular complexity index is 2030. The van der Waals surface area contributed by atoms with E-state index in [4.69, 9.17) is 9.16 Å². The molecule has 2 atom stereocenters. The highest BCUT2D eigenvalue weighted by molar-refractivity contribution is 14.1. The summed E-state index contributed by atoms with van der Waals surface area (Å²) in [4.78, 5) is 14.9. The second kappa shape index (κ2) is 14.7. The van der Waals surface area contributed by atoms with Crippen molar-refractivity contribution in [2.24, 2.45) is 0 Å². The summed E-state index contributed by atoms with van der Waals surface area (Å²) >= 11 is 1.78. The summed E-state index contributed by atoms with van der Waals surface area (Å²) in [7, 11) is -3.39. The van der Waals surface area contributed by atoms with Crippen molar-refractivity contribution in [2.75, 3.05) is 19.8 Å². The van der Waals surface area contributed by atoms with E-state index in [0.717, 1.165) is 27.1 Å². The molecule has 0 saturated heterocycles. The van der Waals surface area contributed by atoms with Gasteiger partial charge in [-0.25, -0.2) is 31.3 Å². The number of fused-ring (bicyclic) bond motifs is 3. The van der Waals surface area contributed by atoms with E-state index in [0.29, 0.717) is 10.9 Å². The van der Waals surface area contributed by atoms with Crippen LogP contribution in [0, 0.1) is 21.0 Å². The van der Waals surface area contributed by atoms with Crippen molar-refractivity contribution in [3.8, 4) is 0 Å². The molecule has 1 aliphatic heterocycles. The van der Waals surface area contributed by atoms with E-state index in [9.17, 15) is 9.18 Å². The summed E-state index contributed by atoms with van der Waals surface area (Å²) in [5.74, 6) is -6.04. The molecule has 0 amide bonds. The van der Waals surface area contributed by atoms with Crippen molar-refractivity contribution in [1.82, 2.24) is 9.47 Å². The molecule has 0 bridgehead atoms. The number of hydrogen-bond acceptors (Lipinski definition) is 4. The Morgan fingerprint density at radius 1 is 0.904 bits per heavy atom. The van der Waals surface area contributed by atoms with E-state index >= 15 is 17.6 Å². The minimum Gasteiger partial charge on any atom is -0.449 e. The normalized spacial score (nSPS) is 17.0. The first-order valence-electron chi connectivity index (χ1n) is 17.1. The van der Waals surface area contributed by atoms with Crippen LogP contribution in [0.15, 0.2) is 91.0 Å². The smallest absolute Gasteiger partial charge is 0.418 e. The topological polar surface area (TPSA) is 43.7 Å². The van der Waals surface area contributed by atoms with E-state index in [-0.39, 0.29) is 27.8 Å². The Morgan fingerprint density at radius 3 is 2.02 bits per heavy atom. The zero-order valence-corrected chi connectivity index (χ0v) is 32.7. The number of halogens is 6. The van der Waals surface area contributed by atoms with Crippen LogP contribution in [0.1, 0.15) is 57.5 Å². The van der Waals surface area contributed by atoms with Crippen molar-refractivity contribution in [1.29, 1.82) is 0 Å². The molecule has 5 aromatic rings. The van der Waals surface area contributed by atoms with E-state index in [1.165, 1.54) is 23.1 Å². The van der Waals surface area contributed by atoms with Gasteiger partial charge in [0.25, 0.3) is 14.2 Å². The van der Waals surface area contributed by atoms with Crippen LogP contribution in [0.25, 0.3) is 10.9 Å². The highest BCUT2D eigenvalue weighted by Gasteiger charge is 2.53. The molecule has 0 N–H and O–H groups in total. The van der Waals surface area contributed by atoms with Gasteiger partial charge in [0, 0.05) is 20.6 Å². The SMILES string of the molecule is CCOC(=O)n1c2c(c3cc(F)ccc31)C[C@@H](C)N(CC(F)(F)CO[Si](c1ccccc1)(c1ccccc1)C(C)(C)C)[C@@H]2c1c(F)cc(I)cc1F. The largest absolute Gasteiger partial charge is 0.449 e. The molecule has 5 nitrogen and oxygen atoms in total. The third kappa shape index (κ3) is 6.94. The molecule has 12 heteroatoms. The van der Waals surface area contributed by atoms with Crippen LogP contribution in [0.5, 0.6) is 0 Å². The lowest BCUT2D eigenvalue weighted by Crippen LogP contribution is -2.67. The lowest BCUT2D eigenvalue weighted by molar-refractivity contribution is -0.0827. The zero-order chi connectivity index (χ0) is 37.6. The molecule has 4 aromatic carbocycles. The summed E-state index contributed by atoms with van der Waals surface area (Å²) in [6.07, 6.45) is -0.773. The minimum atomic E-state index is -3.54. The van der Waals surface area contributed by atoms with Gasteiger partial charge < -0.3 is 9.16 Å². The van der Waals surface area contributed by atoms with Crippen LogP contribution in [-0.4, -0.2) is 55.6 Å². The molecule has 0 unspecified atom stereocenters. The second-order valence-electron chi connectivity index (χ2n) is 14.3. The maximum Gasteiger partial charge on any atom is 0.418 e. The van der Waals surface area contributed by atoms with Crippen LogP contribution in [0.4, 0.5) is 26.7 Å². The molecule has 1 aliphatic rings. The highest BCUT2D eigenvalue weighted by Crippen LogP contribution is 2.46. The first-order valence-corrected chi connectivity index (χ1v) is 20.1. The molecule has 274 valence electrons. The fraction of sp³-hybridized carbons (Fsp3) is 0.325. The number of carbonyl (C=O) groups is 1. The van der Waals surface area contributed by atoms with E-state index in [1.807, 2.05) is 81.4 Å². The molecule has 0 spiro atoms. The lowest BCUT2D eigenvalue weighted by Gasteiger charge is -2.45. The van der Waals surface area contributed by atoms with E-state index in [1.54, 1.807) is 36.4 Å². The maximum absolute atomic E-state index is 16.8. The Morgan fingerprint density at radius 2 is 1.48 bits per heavy atom. The average molecular weight is 847 g/mol. The first kappa shape index (κ1) is 38.1. The summed E-state index contributed by atoms with van der Waals surface area (Å²) in [5.41, 5.74) is 0.239. The molecule has 2 heterocycles. The van der Waals surface area contributed by atoms with Gasteiger partial charge >= 0.3 is 6.09 Å². The second-order valence-corrected chi connectivity index (χ2v) is 19.8. The predicted molar refractivity (Wildman–Crippen MR) is 204 cm³/mol. The standard InChI is InChI=1S/C40H40F5IN2O3Si/c1-6-50-38(49)48-34-18-17-26(41)20-30(34)31-19-25(2)47(37(36(31)48)35-32(42)21-27(46)22-33(35)43)23-40(44,45)24-51-52(39(3,4)5,28-13-9-7-10-14-28)29-15-11-8-12-16-29/h7-18,20-22,25,37H,6,19,23-24H2,1-5H3/t25-,37-/m1/s1. The molecule has 0 saturated carbocycles. The minimum absolute atomic E-state index is 0.0246. The maximum atomic E-state index is 16.8. The van der Waals surface area contributed by atoms with Crippen molar-refractivity contribution < 1.29 is 35.9 Å². The number of benzene rings is 4. The van der Waals surface area contributed by atoms with Gasteiger partial charge in [-0.1, -0.05) is 81.4 Å². The fourth-order valence-corrected chi connectivity index (χ4v) is 12.8. The Kier molecular flexibility index (Phi) is 10.8. The third-order valence-electron chi connectivity index (χ3n) is 9.83. The van der Waals surface area contributed by atoms with Crippen LogP contribution < -0.4 is 10.4 Å². The number of ether oxygens (including phenoxy) is 1. The zero-order valence-electron chi connectivity index (χ0n) is 29.5. The Labute approximate surface area is 315 Å². The quantitative estimate of drug-likeness (QED) is 0.0844. The van der Waals surface area contributed by atoms with Crippen LogP contribution in [0.3, 0.4) is 0 Å². The average Bonchev–Trinajstić information content (AvgIpc) is 3.39. The van der Waals surface area contributed by atoms with Gasteiger partial charge in [0.2, 0.25) is 0 Å². The summed E-state index contributed by atoms with van der Waals surface area (Å²) in [5, 5.41) is 1.41. The number of aromatic nitrogens is 1. The summed E-state index contributed by atoms with van der Waals surface area (Å²) in [6, 6.07) is 22.6. The molecule has 0 radical (unpaired) electrons. The first-order chi connectivity index (χ1) is 24.6. The van der Waals surface area contributed by atoms with Gasteiger partial charge in [0.05, 0.1) is 37.0 Å². The van der Waals surface area contributed by atoms with Crippen molar-refractivity contribution in [3.05, 3.63) is 129 Å². The summed E-state index contributed by atoms with van der Waals surface area (Å²) < 4.78 is 93.9. The monoisotopic (exact) mass is 846 g/mol. The van der Waals surface area contributed by atoms with E-state index in [2.05, 4.69) is 0 Å². The Hall–Kier alpha value is -3.59. The Balaban J connectivity index is 1.49. The summed E-state index contributed by atoms with van der Waals surface area (Å²) in [6.45, 7) is 7.29. The van der Waals surface area contributed by atoms with Crippen molar-refractivity contribution >= 4 is 58.3 Å². The molecule has 1 aromatic heterocycles. The van der Waals surface area contributed by atoms with Gasteiger partial charge in [-0.3, -0.25) is 4.90 Å². The molecule has 52 heavy (non-hydrogen) atoms. The van der Waals surface area contributed by atoms with Crippen LogP contribution >= 0.6 is 22.6 Å². The number of nitrogens with zero attached hydrogens (tertiary/aromatic N) is 2.